The van der Waals surface area contributed by atoms with Crippen LogP contribution in [-0.2, 0) is 11.3 Å². The Morgan fingerprint density at radius 1 is 1.17 bits per heavy atom. The topological polar surface area (TPSA) is 65.0 Å². The monoisotopic (exact) mass is 402 g/mol. The summed E-state index contributed by atoms with van der Waals surface area (Å²) in [6.07, 6.45) is 4.43. The number of morpholine rings is 1. The zero-order valence-corrected chi connectivity index (χ0v) is 18.4. The maximum atomic E-state index is 5.52. The van der Waals surface area contributed by atoms with Crippen molar-refractivity contribution in [2.45, 2.75) is 46.2 Å². The third kappa shape index (κ3) is 6.57. The van der Waals surface area contributed by atoms with Crippen LogP contribution in [0.25, 0.3) is 0 Å². The normalized spacial score (nSPS) is 19.6. The highest BCUT2D eigenvalue weighted by Crippen LogP contribution is 2.19. The van der Waals surface area contributed by atoms with Crippen molar-refractivity contribution in [3.8, 4) is 0 Å². The number of hydrogen-bond acceptors (Lipinski definition) is 5. The lowest BCUT2D eigenvalue weighted by Crippen LogP contribution is -2.52. The third-order valence-electron chi connectivity index (χ3n) is 5.77. The number of anilines is 1. The fourth-order valence-corrected chi connectivity index (χ4v) is 4.09. The second-order valence-corrected chi connectivity index (χ2v) is 8.25. The van der Waals surface area contributed by atoms with Gasteiger partial charge >= 0.3 is 0 Å². The molecule has 29 heavy (non-hydrogen) atoms. The maximum Gasteiger partial charge on any atom is 0.191 e. The minimum absolute atomic E-state index is 0.477. The van der Waals surface area contributed by atoms with Crippen LogP contribution in [0, 0.1) is 5.92 Å². The van der Waals surface area contributed by atoms with Crippen molar-refractivity contribution in [3.63, 3.8) is 0 Å². The highest BCUT2D eigenvalue weighted by Gasteiger charge is 2.23. The second-order valence-electron chi connectivity index (χ2n) is 8.25. The Morgan fingerprint density at radius 2 is 1.93 bits per heavy atom. The fraction of sp³-hybridized carbons (Fsp3) is 0.727. The largest absolute Gasteiger partial charge is 0.379 e. The number of rotatable bonds is 8. The number of ether oxygens (including phenoxy) is 1. The second kappa shape index (κ2) is 11.4. The zero-order valence-electron chi connectivity index (χ0n) is 18.4. The fourth-order valence-electron chi connectivity index (χ4n) is 4.09. The van der Waals surface area contributed by atoms with E-state index in [0.717, 1.165) is 64.3 Å². The molecule has 3 heterocycles. The molecule has 0 spiro atoms. The molecule has 7 nitrogen and oxygen atoms in total. The maximum absolute atomic E-state index is 5.52. The van der Waals surface area contributed by atoms with Gasteiger partial charge in [-0.2, -0.15) is 0 Å². The van der Waals surface area contributed by atoms with Crippen LogP contribution in [0.5, 0.6) is 0 Å². The molecule has 1 aromatic heterocycles. The summed E-state index contributed by atoms with van der Waals surface area (Å²) in [4.78, 5) is 14.3. The number of pyridine rings is 1. The van der Waals surface area contributed by atoms with Crippen LogP contribution in [-0.4, -0.2) is 74.4 Å². The van der Waals surface area contributed by atoms with Crippen LogP contribution in [0.1, 0.15) is 39.2 Å². The number of nitrogens with one attached hydrogen (secondary N) is 2. The van der Waals surface area contributed by atoms with Gasteiger partial charge in [0.15, 0.2) is 5.96 Å². The molecule has 1 aromatic rings. The van der Waals surface area contributed by atoms with E-state index in [1.807, 2.05) is 6.20 Å². The van der Waals surface area contributed by atoms with Gasteiger partial charge in [-0.3, -0.25) is 4.90 Å². The molecular formula is C22H38N6O. The summed E-state index contributed by atoms with van der Waals surface area (Å²) in [6, 6.07) is 4.73. The lowest BCUT2D eigenvalue weighted by atomic mass is 10.0. The number of guanidine groups is 1. The van der Waals surface area contributed by atoms with Gasteiger partial charge < -0.3 is 20.3 Å². The Hall–Kier alpha value is -1.86. The smallest absolute Gasteiger partial charge is 0.191 e. The van der Waals surface area contributed by atoms with Crippen molar-refractivity contribution in [1.82, 2.24) is 20.5 Å². The standard InChI is InChI=1S/C22H38N6O/c1-4-23-22(26-17-20(18(2)3)27-11-13-29-14-12-27)25-16-19-7-8-24-21(15-19)28-9-5-6-10-28/h7-8,15,18,20H,4-6,9-14,16-17H2,1-3H3,(H2,23,25,26). The quantitative estimate of drug-likeness (QED) is 0.513. The summed E-state index contributed by atoms with van der Waals surface area (Å²) < 4.78 is 5.52. The van der Waals surface area contributed by atoms with Gasteiger partial charge in [-0.1, -0.05) is 13.8 Å². The van der Waals surface area contributed by atoms with E-state index < -0.39 is 0 Å². The van der Waals surface area contributed by atoms with E-state index in [0.29, 0.717) is 18.5 Å². The van der Waals surface area contributed by atoms with Crippen LogP contribution >= 0.6 is 0 Å². The van der Waals surface area contributed by atoms with Crippen molar-refractivity contribution < 1.29 is 4.74 Å². The molecule has 0 bridgehead atoms. The predicted molar refractivity (Wildman–Crippen MR) is 120 cm³/mol. The summed E-state index contributed by atoms with van der Waals surface area (Å²) in [7, 11) is 0. The highest BCUT2D eigenvalue weighted by molar-refractivity contribution is 5.79. The van der Waals surface area contributed by atoms with Gasteiger partial charge in [0, 0.05) is 51.5 Å². The Balaban J connectivity index is 1.59. The first-order chi connectivity index (χ1) is 14.2. The molecule has 1 unspecified atom stereocenters. The van der Waals surface area contributed by atoms with Gasteiger partial charge in [0.1, 0.15) is 5.82 Å². The summed E-state index contributed by atoms with van der Waals surface area (Å²) in [5.74, 6) is 2.54. The van der Waals surface area contributed by atoms with E-state index in [-0.39, 0.29) is 0 Å². The van der Waals surface area contributed by atoms with Crippen LogP contribution in [0.2, 0.25) is 0 Å². The molecule has 0 radical (unpaired) electrons. The summed E-state index contributed by atoms with van der Waals surface area (Å²) in [5.41, 5.74) is 1.20. The van der Waals surface area contributed by atoms with E-state index in [1.54, 1.807) is 0 Å². The van der Waals surface area contributed by atoms with Crippen molar-refractivity contribution in [1.29, 1.82) is 0 Å². The molecule has 0 aromatic carbocycles. The minimum atomic E-state index is 0.477. The number of nitrogens with zero attached hydrogens (tertiary/aromatic N) is 4. The Morgan fingerprint density at radius 3 is 2.62 bits per heavy atom. The minimum Gasteiger partial charge on any atom is -0.379 e. The van der Waals surface area contributed by atoms with Crippen molar-refractivity contribution >= 4 is 11.8 Å². The van der Waals surface area contributed by atoms with Gasteiger partial charge in [-0.05, 0) is 43.4 Å². The highest BCUT2D eigenvalue weighted by atomic mass is 16.5. The molecule has 1 atom stereocenters. The van der Waals surface area contributed by atoms with Crippen LogP contribution in [0.15, 0.2) is 23.3 Å². The van der Waals surface area contributed by atoms with E-state index in [2.05, 4.69) is 58.3 Å². The molecule has 3 rings (SSSR count). The molecule has 2 aliphatic rings. The lowest BCUT2D eigenvalue weighted by Gasteiger charge is -2.37. The molecule has 2 fully saturated rings. The van der Waals surface area contributed by atoms with Crippen LogP contribution in [0.4, 0.5) is 5.82 Å². The van der Waals surface area contributed by atoms with Crippen molar-refractivity contribution in [2.75, 3.05) is 57.4 Å². The van der Waals surface area contributed by atoms with Gasteiger partial charge in [0.05, 0.1) is 19.8 Å². The predicted octanol–water partition coefficient (Wildman–Crippen LogP) is 2.09. The first kappa shape index (κ1) is 21.8. The Bertz CT molecular complexity index is 638. The third-order valence-corrected chi connectivity index (χ3v) is 5.77. The molecule has 0 aliphatic carbocycles. The SMILES string of the molecule is CCNC(=NCc1ccnc(N2CCCC2)c1)NCC(C(C)C)N1CCOCC1. The molecule has 7 heteroatoms. The zero-order chi connectivity index (χ0) is 20.5. The van der Waals surface area contributed by atoms with Gasteiger partial charge in [-0.15, -0.1) is 0 Å². The van der Waals surface area contributed by atoms with Crippen LogP contribution < -0.4 is 15.5 Å². The molecule has 2 saturated heterocycles. The molecule has 2 N–H and O–H groups in total. The van der Waals surface area contributed by atoms with Gasteiger partial charge in [-0.25, -0.2) is 9.98 Å². The first-order valence-electron chi connectivity index (χ1n) is 11.2. The van der Waals surface area contributed by atoms with Crippen molar-refractivity contribution in [3.05, 3.63) is 23.9 Å². The lowest BCUT2D eigenvalue weighted by molar-refractivity contribution is 0.00752. The molecule has 162 valence electrons. The Kier molecular flexibility index (Phi) is 8.55. The average molecular weight is 403 g/mol. The summed E-state index contributed by atoms with van der Waals surface area (Å²) in [5, 5.41) is 6.96. The van der Waals surface area contributed by atoms with E-state index in [1.165, 1.54) is 18.4 Å². The average Bonchev–Trinajstić information content (AvgIpc) is 3.28. The number of aliphatic imine (C=N–C) groups is 1. The first-order valence-corrected chi connectivity index (χ1v) is 11.2. The Labute approximate surface area is 175 Å². The van der Waals surface area contributed by atoms with Gasteiger partial charge in [0.2, 0.25) is 0 Å². The molecule has 0 amide bonds. The molecule has 0 saturated carbocycles. The van der Waals surface area contributed by atoms with Crippen LogP contribution in [0.3, 0.4) is 0 Å². The van der Waals surface area contributed by atoms with E-state index in [9.17, 15) is 0 Å². The summed E-state index contributed by atoms with van der Waals surface area (Å²) in [6.45, 7) is 15.0. The molecule has 2 aliphatic heterocycles. The molecular weight excluding hydrogens is 364 g/mol. The van der Waals surface area contributed by atoms with Gasteiger partial charge in [0.25, 0.3) is 0 Å². The van der Waals surface area contributed by atoms with E-state index in [4.69, 9.17) is 9.73 Å². The number of aromatic nitrogens is 1. The van der Waals surface area contributed by atoms with E-state index >= 15 is 0 Å². The number of hydrogen-bond donors (Lipinski definition) is 2. The van der Waals surface area contributed by atoms with Crippen molar-refractivity contribution in [2.24, 2.45) is 10.9 Å². The summed E-state index contributed by atoms with van der Waals surface area (Å²) >= 11 is 0.